The predicted molar refractivity (Wildman–Crippen MR) is 104 cm³/mol. The van der Waals surface area contributed by atoms with E-state index in [0.717, 1.165) is 12.0 Å². The van der Waals surface area contributed by atoms with Gasteiger partial charge in [0.25, 0.3) is 5.91 Å². The molecule has 0 bridgehead atoms. The molecule has 2 rings (SSSR count). The van der Waals surface area contributed by atoms with Crippen LogP contribution in [0.5, 0.6) is 11.5 Å². The molecule has 6 nitrogen and oxygen atoms in total. The summed E-state index contributed by atoms with van der Waals surface area (Å²) in [5.74, 6) is 1.18. The maximum absolute atomic E-state index is 12.2. The summed E-state index contributed by atoms with van der Waals surface area (Å²) in [5.41, 5.74) is 0.972. The number of benzene rings is 1. The van der Waals surface area contributed by atoms with Gasteiger partial charge in [0.15, 0.2) is 24.7 Å². The maximum Gasteiger partial charge on any atom is 0.344 e. The Labute approximate surface area is 161 Å². The van der Waals surface area contributed by atoms with E-state index in [1.54, 1.807) is 18.1 Å². The topological polar surface area (TPSA) is 65.1 Å². The van der Waals surface area contributed by atoms with Crippen molar-refractivity contribution < 1.29 is 23.8 Å². The molecule has 0 radical (unpaired) electrons. The number of carbonyl (C=O) groups excluding carboxylic acids is 2. The van der Waals surface area contributed by atoms with Crippen molar-refractivity contribution in [2.24, 2.45) is 11.8 Å². The molecule has 1 amide bonds. The van der Waals surface area contributed by atoms with Crippen LogP contribution in [0.2, 0.25) is 0 Å². The summed E-state index contributed by atoms with van der Waals surface area (Å²) in [6.45, 7) is 7.09. The van der Waals surface area contributed by atoms with Crippen molar-refractivity contribution >= 4 is 18.0 Å². The Hall–Kier alpha value is -2.50. The Balaban J connectivity index is 1.81. The van der Waals surface area contributed by atoms with Crippen molar-refractivity contribution in [3.05, 3.63) is 29.8 Å². The van der Waals surface area contributed by atoms with Crippen LogP contribution in [0, 0.1) is 11.8 Å². The number of allylic oxidation sites excluding steroid dienone is 1. The van der Waals surface area contributed by atoms with Crippen LogP contribution in [-0.4, -0.2) is 50.2 Å². The summed E-state index contributed by atoms with van der Waals surface area (Å²) in [6, 6.07) is 5.43. The SMILES string of the molecule is C/C=C/c1ccc(OCC(=O)OCC(=O)N2C[C@H](C)C[C@@H](C)C2)c(OC)c1. The van der Waals surface area contributed by atoms with Crippen LogP contribution in [0.25, 0.3) is 6.08 Å². The van der Waals surface area contributed by atoms with E-state index in [2.05, 4.69) is 13.8 Å². The average Bonchev–Trinajstić information content (AvgIpc) is 2.64. The Morgan fingerprint density at radius 3 is 2.48 bits per heavy atom. The fraction of sp³-hybridized carbons (Fsp3) is 0.524. The number of amides is 1. The second kappa shape index (κ2) is 10.00. The molecule has 6 heteroatoms. The zero-order chi connectivity index (χ0) is 19.8. The number of piperidine rings is 1. The third kappa shape index (κ3) is 6.31. The van der Waals surface area contributed by atoms with Gasteiger partial charge < -0.3 is 19.1 Å². The van der Waals surface area contributed by atoms with Crippen LogP contribution in [0.15, 0.2) is 24.3 Å². The number of likely N-dealkylation sites (tertiary alicyclic amines) is 1. The molecule has 1 fully saturated rings. The lowest BCUT2D eigenvalue weighted by Crippen LogP contribution is -2.44. The van der Waals surface area contributed by atoms with E-state index >= 15 is 0 Å². The van der Waals surface area contributed by atoms with Crippen LogP contribution >= 0.6 is 0 Å². The first-order valence-corrected chi connectivity index (χ1v) is 9.29. The van der Waals surface area contributed by atoms with E-state index in [-0.39, 0.29) is 19.1 Å². The van der Waals surface area contributed by atoms with Gasteiger partial charge in [0.05, 0.1) is 7.11 Å². The number of esters is 1. The summed E-state index contributed by atoms with van der Waals surface area (Å²) < 4.78 is 15.9. The van der Waals surface area contributed by atoms with Crippen molar-refractivity contribution in [1.29, 1.82) is 0 Å². The van der Waals surface area contributed by atoms with Crippen LogP contribution in [0.1, 0.15) is 32.8 Å². The van der Waals surface area contributed by atoms with Gasteiger partial charge in [0.2, 0.25) is 0 Å². The zero-order valence-electron chi connectivity index (χ0n) is 16.6. The van der Waals surface area contributed by atoms with Crippen molar-refractivity contribution in [1.82, 2.24) is 4.90 Å². The summed E-state index contributed by atoms with van der Waals surface area (Å²) >= 11 is 0. The second-order valence-electron chi connectivity index (χ2n) is 7.10. The Morgan fingerprint density at radius 2 is 1.85 bits per heavy atom. The first-order valence-electron chi connectivity index (χ1n) is 9.29. The smallest absolute Gasteiger partial charge is 0.344 e. The minimum Gasteiger partial charge on any atom is -0.493 e. The highest BCUT2D eigenvalue weighted by molar-refractivity contribution is 5.81. The fourth-order valence-corrected chi connectivity index (χ4v) is 3.38. The lowest BCUT2D eigenvalue weighted by atomic mass is 9.92. The molecule has 2 atom stereocenters. The molecule has 0 saturated carbocycles. The highest BCUT2D eigenvalue weighted by Crippen LogP contribution is 2.28. The Kier molecular flexibility index (Phi) is 7.70. The molecule has 1 heterocycles. The van der Waals surface area contributed by atoms with Crippen LogP contribution in [-0.2, 0) is 14.3 Å². The molecule has 1 aliphatic rings. The van der Waals surface area contributed by atoms with Crippen LogP contribution in [0.4, 0.5) is 0 Å². The predicted octanol–water partition coefficient (Wildman–Crippen LogP) is 3.15. The van der Waals surface area contributed by atoms with Crippen LogP contribution in [0.3, 0.4) is 0 Å². The molecule has 0 spiro atoms. The molecule has 0 aromatic heterocycles. The van der Waals surface area contributed by atoms with E-state index < -0.39 is 5.97 Å². The van der Waals surface area contributed by atoms with Gasteiger partial charge in [0, 0.05) is 13.1 Å². The monoisotopic (exact) mass is 375 g/mol. The van der Waals surface area contributed by atoms with Gasteiger partial charge in [0.1, 0.15) is 0 Å². The van der Waals surface area contributed by atoms with E-state index in [0.29, 0.717) is 36.4 Å². The first kappa shape index (κ1) is 20.8. The summed E-state index contributed by atoms with van der Waals surface area (Å²) in [7, 11) is 1.54. The molecule has 1 aliphatic heterocycles. The van der Waals surface area contributed by atoms with Crippen molar-refractivity contribution in [3.8, 4) is 11.5 Å². The molecule has 0 aliphatic carbocycles. The fourth-order valence-electron chi connectivity index (χ4n) is 3.38. The maximum atomic E-state index is 12.2. The minimum atomic E-state index is -0.582. The number of ether oxygens (including phenoxy) is 3. The molecular formula is C21H29NO5. The lowest BCUT2D eigenvalue weighted by Gasteiger charge is -2.34. The third-order valence-corrected chi connectivity index (χ3v) is 4.47. The third-order valence-electron chi connectivity index (χ3n) is 4.47. The van der Waals surface area contributed by atoms with Gasteiger partial charge in [-0.15, -0.1) is 0 Å². The van der Waals surface area contributed by atoms with E-state index in [1.165, 1.54) is 0 Å². The van der Waals surface area contributed by atoms with E-state index in [1.807, 2.05) is 31.2 Å². The lowest BCUT2D eigenvalue weighted by molar-refractivity contribution is -0.154. The Morgan fingerprint density at radius 1 is 1.15 bits per heavy atom. The van der Waals surface area contributed by atoms with Gasteiger partial charge in [-0.3, -0.25) is 4.79 Å². The van der Waals surface area contributed by atoms with Gasteiger partial charge in [-0.05, 0) is 42.9 Å². The van der Waals surface area contributed by atoms with Gasteiger partial charge in [-0.2, -0.15) is 0 Å². The number of hydrogen-bond acceptors (Lipinski definition) is 5. The quantitative estimate of drug-likeness (QED) is 0.685. The Bertz CT molecular complexity index is 675. The molecule has 148 valence electrons. The van der Waals surface area contributed by atoms with Crippen molar-refractivity contribution in [3.63, 3.8) is 0 Å². The molecule has 1 aromatic rings. The largest absolute Gasteiger partial charge is 0.493 e. The molecule has 1 saturated heterocycles. The van der Waals surface area contributed by atoms with Crippen LogP contribution < -0.4 is 9.47 Å². The van der Waals surface area contributed by atoms with Gasteiger partial charge in [-0.1, -0.05) is 32.1 Å². The summed E-state index contributed by atoms with van der Waals surface area (Å²) in [4.78, 5) is 26.0. The molecular weight excluding hydrogens is 346 g/mol. The van der Waals surface area contributed by atoms with Gasteiger partial charge in [-0.25, -0.2) is 4.79 Å². The standard InChI is InChI=1S/C21H29NO5/c1-5-6-17-7-8-18(19(10-17)25-4)26-14-21(24)27-13-20(23)22-11-15(2)9-16(3)12-22/h5-8,10,15-16H,9,11-14H2,1-4H3/b6-5+/t15-,16-/m1/s1. The average molecular weight is 375 g/mol. The first-order chi connectivity index (χ1) is 12.9. The number of rotatable bonds is 7. The van der Waals surface area contributed by atoms with Gasteiger partial charge >= 0.3 is 5.97 Å². The molecule has 27 heavy (non-hydrogen) atoms. The van der Waals surface area contributed by atoms with Crippen molar-refractivity contribution in [2.75, 3.05) is 33.4 Å². The highest BCUT2D eigenvalue weighted by Gasteiger charge is 2.26. The number of carbonyl (C=O) groups is 2. The van der Waals surface area contributed by atoms with E-state index in [9.17, 15) is 9.59 Å². The normalized spacial score (nSPS) is 19.8. The minimum absolute atomic E-state index is 0.157. The zero-order valence-corrected chi connectivity index (χ0v) is 16.6. The number of hydrogen-bond donors (Lipinski definition) is 0. The van der Waals surface area contributed by atoms with E-state index in [4.69, 9.17) is 14.2 Å². The highest BCUT2D eigenvalue weighted by atomic mass is 16.6. The summed E-state index contributed by atoms with van der Waals surface area (Å²) in [6.07, 6.45) is 4.98. The van der Waals surface area contributed by atoms with Crippen molar-refractivity contribution in [2.45, 2.75) is 27.2 Å². The molecule has 0 unspecified atom stereocenters. The molecule has 0 N–H and O–H groups in total. The second-order valence-corrected chi connectivity index (χ2v) is 7.10. The number of nitrogens with zero attached hydrogens (tertiary/aromatic N) is 1. The molecule has 1 aromatic carbocycles. The number of methoxy groups -OCH3 is 1. The summed E-state index contributed by atoms with van der Waals surface area (Å²) in [5, 5.41) is 0.